The molecule has 0 bridgehead atoms. The number of hydrogen-bond acceptors (Lipinski definition) is 0. The van der Waals surface area contributed by atoms with Gasteiger partial charge in [-0.25, -0.2) is 0 Å². The second kappa shape index (κ2) is 841. The van der Waals surface area contributed by atoms with Crippen molar-refractivity contribution in [3.8, 4) is 0 Å². The molecule has 0 unspecified atom stereocenters. The molecule has 9 nitrogen and oxygen atoms in total. The summed E-state index contributed by atoms with van der Waals surface area (Å²) in [7, 11) is 0. The third kappa shape index (κ3) is 829. The molecule has 0 atom stereocenters. The Balaban J connectivity index is 0. The number of hydrogen-bond donors (Lipinski definition) is 0. The molecule has 0 saturated carbocycles. The first-order valence-electron chi connectivity index (χ1n) is 0. The molecule has 108 heavy (non-hydrogen) atoms. The van der Waals surface area contributed by atoms with Crippen LogP contribution >= 0.6 is 0 Å². The maximum atomic E-state index is 0. The van der Waals surface area contributed by atoms with E-state index in [4.69, 9.17) is 0 Å². The standard InChI is InChI=1S/9O.99Y/q9*-2;99*+3. The van der Waals surface area contributed by atoms with Crippen LogP contribution in [0.1, 0.15) is 0 Å². The molecule has 72 valence electrons. The smallest absolute Gasteiger partial charge is 2.00 e. The van der Waals surface area contributed by atoms with Crippen LogP contribution in [-0.4, -0.2) is 0 Å². The average Bonchev–Trinajstić information content (AvgIpc) is 0. The van der Waals surface area contributed by atoms with Crippen LogP contribution in [0.15, 0.2) is 0 Å². The van der Waals surface area contributed by atoms with E-state index in [0.717, 1.165) is 0 Å². The second-order valence-corrected chi connectivity index (χ2v) is 0. The summed E-state index contributed by atoms with van der Waals surface area (Å²) in [6, 6.07) is 0. The van der Waals surface area contributed by atoms with Crippen LogP contribution < -0.4 is 0 Å². The summed E-state index contributed by atoms with van der Waals surface area (Å²) < 4.78 is 0. The molecule has 0 aromatic carbocycles. The van der Waals surface area contributed by atoms with Crippen molar-refractivity contribution in [2.45, 2.75) is 0 Å². The van der Waals surface area contributed by atoms with Crippen LogP contribution in [0.2, 0.25) is 0 Å². The van der Waals surface area contributed by atoms with Gasteiger partial charge in [-0.3, -0.25) is 0 Å². The predicted molar refractivity (Wildman–Crippen MR) is 6.18 cm³/mol. The van der Waals surface area contributed by atoms with E-state index in [9.17, 15) is 0 Å². The van der Waals surface area contributed by atoms with Gasteiger partial charge >= 0.3 is 3240 Å². The average molecular weight is 8950 g/mol. The monoisotopic (exact) mass is 8950 g/mol. The summed E-state index contributed by atoms with van der Waals surface area (Å²) in [5.74, 6) is 0. The minimum absolute atomic E-state index is 0. The molecule has 0 fully saturated rings. The quantitative estimate of drug-likeness (QED) is 0.274. The maximum Gasteiger partial charge on any atom is 3.00 e. The zero-order chi connectivity index (χ0) is 0. The molecule has 0 aliphatic heterocycles. The van der Waals surface area contributed by atoms with Gasteiger partial charge in [0.2, 0.25) is 0 Å². The first kappa shape index (κ1) is 852. The molecule has 0 N–H and O–H groups in total. The molecule has 108 heteroatoms. The first-order chi connectivity index (χ1) is 0. The van der Waals surface area contributed by atoms with Gasteiger partial charge in [0.05, 0.1) is 0 Å². The summed E-state index contributed by atoms with van der Waals surface area (Å²) in [6.07, 6.45) is 0. The van der Waals surface area contributed by atoms with E-state index in [-0.39, 0.29) is 3290 Å². The normalized spacial score (nSPS) is 0. The van der Waals surface area contributed by atoms with E-state index in [1.54, 1.807) is 0 Å². The molecule has 0 aromatic rings. The minimum atomic E-state index is 0. The van der Waals surface area contributed by atoms with E-state index >= 15 is 0 Å². The van der Waals surface area contributed by atoms with E-state index in [1.165, 1.54) is 0 Å². The van der Waals surface area contributed by atoms with Gasteiger partial charge in [0.1, 0.15) is 0 Å². The Hall–Kier alpha value is 109. The Kier molecular flexibility index (Phi) is 6640. The Labute approximate surface area is 3160 Å². The molecule has 0 amide bonds. The zero-order valence-electron chi connectivity index (χ0n) is 60.8. The van der Waals surface area contributed by atoms with Gasteiger partial charge in [0.15, 0.2) is 0 Å². The third-order valence-corrected chi connectivity index (χ3v) is 0. The van der Waals surface area contributed by atoms with Gasteiger partial charge < -0.3 is 49.3 Å². The van der Waals surface area contributed by atoms with Crippen molar-refractivity contribution in [2.75, 3.05) is 0 Å². The van der Waals surface area contributed by atoms with Crippen LogP contribution in [0.3, 0.4) is 0 Å². The van der Waals surface area contributed by atoms with Crippen molar-refractivity contribution < 1.29 is 3290 Å². The SMILES string of the molecule is [O-2].[O-2].[O-2].[O-2].[O-2].[O-2].[O-2].[O-2].[O-2].[Y+3].[Y+3].[Y+3].[Y+3].[Y+3].[Y+3].[Y+3].[Y+3].[Y+3].[Y+3].[Y+3].[Y+3].[Y+3].[Y+3].[Y+3].[Y+3].[Y+3].[Y+3].[Y+3].[Y+3].[Y+3].[Y+3].[Y+3].[Y+3].[Y+3].[Y+3].[Y+3].[Y+3].[Y+3].[Y+3].[Y+3].[Y+3].[Y+3].[Y+3].[Y+3].[Y+3].[Y+3].[Y+3].[Y+3].[Y+3].[Y+3].[Y+3].[Y+3].[Y+3].[Y+3].[Y+3].[Y+3].[Y+3].[Y+3].[Y+3].[Y+3].[Y+3].[Y+3].[Y+3].[Y+3].[Y+3].[Y+3].[Y+3].[Y+3].[Y+3].[Y+3].[Y+3].[Y+3].[Y+3].[Y+3].[Y+3].[Y+3].[Y+3].[Y+3].[Y+3].[Y+3].[Y+3].[Y+3].[Y+3].[Y+3].[Y+3].[Y+3].[Y+3].[Y+3].[Y+3].[Y+3].[Y+3].[Y+3].[Y+3].[Y+3].[Y+3].[Y+3].[Y+3].[Y+3].[Y+3].[Y+3].[Y+3].[Y+3].[Y+3].[Y+3].[Y+3].[Y+3].[Y+3].[Y+3]. The Morgan fingerprint density at radius 3 is 0.0185 bits per heavy atom. The van der Waals surface area contributed by atoms with Crippen molar-refractivity contribution >= 4 is 0 Å². The molecule has 0 aromatic heterocycles. The Bertz CT molecular complexity index is 44.7. The fraction of sp³-hybridized carbons (Fsp3) is 0. The fourth-order valence-electron chi connectivity index (χ4n) is 0. The van der Waals surface area contributed by atoms with Crippen LogP contribution in [0.4, 0.5) is 0 Å². The van der Waals surface area contributed by atoms with E-state index in [1.807, 2.05) is 0 Å². The number of rotatable bonds is 0. The molecule has 0 heterocycles. The van der Waals surface area contributed by atoms with Crippen molar-refractivity contribution in [1.29, 1.82) is 0 Å². The van der Waals surface area contributed by atoms with Crippen molar-refractivity contribution in [3.05, 3.63) is 0 Å². The van der Waals surface area contributed by atoms with Gasteiger partial charge in [0.25, 0.3) is 0 Å². The van der Waals surface area contributed by atoms with Gasteiger partial charge in [0, 0.05) is 0 Å². The van der Waals surface area contributed by atoms with Crippen LogP contribution in [-0.2, 0) is 3290 Å². The molecule has 0 radical (unpaired) electrons. The van der Waals surface area contributed by atoms with Crippen molar-refractivity contribution in [2.24, 2.45) is 0 Å². The van der Waals surface area contributed by atoms with Crippen LogP contribution in [0.5, 0.6) is 0 Å². The van der Waals surface area contributed by atoms with Crippen molar-refractivity contribution in [1.82, 2.24) is 0 Å². The molecule has 0 rings (SSSR count). The van der Waals surface area contributed by atoms with Gasteiger partial charge in [-0.1, -0.05) is 0 Å². The first-order valence-corrected chi connectivity index (χ1v) is 0. The Morgan fingerprint density at radius 1 is 0.0185 bits per heavy atom. The van der Waals surface area contributed by atoms with Crippen LogP contribution in [0, 0.1) is 0 Å². The minimum Gasteiger partial charge on any atom is -2.00 e. The molecule has 0 aliphatic carbocycles. The molecule has 0 spiro atoms. The summed E-state index contributed by atoms with van der Waals surface area (Å²) in [4.78, 5) is 0. The summed E-state index contributed by atoms with van der Waals surface area (Å²) in [6.45, 7) is 0. The van der Waals surface area contributed by atoms with E-state index in [2.05, 4.69) is 0 Å². The maximum absolute atomic E-state index is 0. The topological polar surface area (TPSA) is 256 Å². The van der Waals surface area contributed by atoms with E-state index < -0.39 is 0 Å². The fourth-order valence-corrected chi connectivity index (χ4v) is 0. The third-order valence-electron chi connectivity index (χ3n) is 0. The largest absolute Gasteiger partial charge is 3.00 e. The van der Waals surface area contributed by atoms with Gasteiger partial charge in [-0.05, 0) is 0 Å². The van der Waals surface area contributed by atoms with Gasteiger partial charge in [-0.2, -0.15) is 0 Å². The molecule has 0 saturated heterocycles. The van der Waals surface area contributed by atoms with Crippen LogP contribution in [0.25, 0.3) is 0 Å². The Morgan fingerprint density at radius 2 is 0.0185 bits per heavy atom. The zero-order valence-corrected chi connectivity index (χ0v) is 342. The summed E-state index contributed by atoms with van der Waals surface area (Å²) in [5, 5.41) is 0. The van der Waals surface area contributed by atoms with E-state index in [0.29, 0.717) is 0 Å². The second-order valence-electron chi connectivity index (χ2n) is 0. The summed E-state index contributed by atoms with van der Waals surface area (Å²) >= 11 is 0. The van der Waals surface area contributed by atoms with Crippen molar-refractivity contribution in [3.63, 3.8) is 0 Å². The predicted octanol–water partition coefficient (Wildman–Crippen LogP) is -1.32. The summed E-state index contributed by atoms with van der Waals surface area (Å²) in [5.41, 5.74) is 0. The molecule has 0 aliphatic rings. The molecular weight excluding hydrogens is 8950 g/mol. The molecular formula is O9Y99+279. The van der Waals surface area contributed by atoms with Gasteiger partial charge in [-0.15, -0.1) is 0 Å².